The van der Waals surface area contributed by atoms with Crippen LogP contribution >= 0.6 is 34.5 Å². The van der Waals surface area contributed by atoms with E-state index in [0.717, 1.165) is 5.56 Å². The molecular formula is C28H28Cl2N2O4S. The fourth-order valence-electron chi connectivity index (χ4n) is 4.99. The Hall–Kier alpha value is -2.87. The zero-order valence-corrected chi connectivity index (χ0v) is 23.3. The van der Waals surface area contributed by atoms with Gasteiger partial charge < -0.3 is 14.8 Å². The summed E-state index contributed by atoms with van der Waals surface area (Å²) in [5.74, 6) is -1.66. The molecule has 0 spiro atoms. The molecule has 1 aliphatic rings. The fraction of sp³-hybridized carbons (Fsp3) is 0.321. The number of carbonyl (C=O) groups excluding carboxylic acids is 2. The standard InChI is InChI=1S/C28H28Cl2N2O4S/c1-5-35-25(33)23-16(3)31-17(4)28(27(34)36-6-2,24(23)18-10-8-7-9-11-18)26-32-22(15-37-26)20-13-12-19(29)14-21(20)30/h7-15,17,24,31H,5-6H2,1-4H3. The van der Waals surface area contributed by atoms with E-state index < -0.39 is 29.3 Å². The normalized spacial score (nSPS) is 21.4. The van der Waals surface area contributed by atoms with Crippen molar-refractivity contribution in [2.24, 2.45) is 0 Å². The molecular weight excluding hydrogens is 531 g/mol. The van der Waals surface area contributed by atoms with Gasteiger partial charge >= 0.3 is 11.9 Å². The Morgan fingerprint density at radius 2 is 1.78 bits per heavy atom. The maximum Gasteiger partial charge on any atom is 0.336 e. The van der Waals surface area contributed by atoms with E-state index in [1.54, 1.807) is 32.0 Å². The first-order valence-electron chi connectivity index (χ1n) is 12.0. The number of hydrogen-bond acceptors (Lipinski definition) is 7. The molecule has 6 nitrogen and oxygen atoms in total. The number of benzene rings is 2. The lowest BCUT2D eigenvalue weighted by Crippen LogP contribution is -2.60. The van der Waals surface area contributed by atoms with Crippen LogP contribution in [-0.2, 0) is 24.5 Å². The van der Waals surface area contributed by atoms with Gasteiger partial charge in [0.2, 0.25) is 0 Å². The van der Waals surface area contributed by atoms with Crippen molar-refractivity contribution in [3.05, 3.63) is 85.8 Å². The first-order chi connectivity index (χ1) is 17.7. The van der Waals surface area contributed by atoms with Crippen LogP contribution in [0.5, 0.6) is 0 Å². The van der Waals surface area contributed by atoms with Gasteiger partial charge in [0.15, 0.2) is 5.41 Å². The number of allylic oxidation sites excluding steroid dienone is 1. The van der Waals surface area contributed by atoms with E-state index >= 15 is 0 Å². The number of hydrogen-bond donors (Lipinski definition) is 1. The fourth-order valence-corrected chi connectivity index (χ4v) is 6.62. The SMILES string of the molecule is CCOC(=O)C1=C(C)NC(C)C(C(=O)OCC)(c2nc(-c3ccc(Cl)cc3Cl)cs2)C1c1ccccc1. The Labute approximate surface area is 230 Å². The van der Waals surface area contributed by atoms with E-state index in [9.17, 15) is 9.59 Å². The van der Waals surface area contributed by atoms with Gasteiger partial charge in [0.25, 0.3) is 0 Å². The third-order valence-corrected chi connectivity index (χ3v) is 8.11. The minimum absolute atomic E-state index is 0.174. The molecule has 194 valence electrons. The highest BCUT2D eigenvalue weighted by atomic mass is 35.5. The Bertz CT molecular complexity index is 1340. The minimum atomic E-state index is -1.36. The van der Waals surface area contributed by atoms with Crippen molar-refractivity contribution in [3.8, 4) is 11.3 Å². The van der Waals surface area contributed by atoms with E-state index in [0.29, 0.717) is 37.6 Å². The molecule has 37 heavy (non-hydrogen) atoms. The summed E-state index contributed by atoms with van der Waals surface area (Å²) >= 11 is 13.9. The summed E-state index contributed by atoms with van der Waals surface area (Å²) in [7, 11) is 0. The zero-order valence-electron chi connectivity index (χ0n) is 21.0. The number of carbonyl (C=O) groups is 2. The van der Waals surface area contributed by atoms with Gasteiger partial charge in [0.05, 0.1) is 29.5 Å². The number of aromatic nitrogens is 1. The average molecular weight is 560 g/mol. The van der Waals surface area contributed by atoms with Gasteiger partial charge in [-0.1, -0.05) is 53.5 Å². The van der Waals surface area contributed by atoms with Crippen LogP contribution in [0, 0.1) is 0 Å². The molecule has 2 aromatic carbocycles. The second kappa shape index (κ2) is 11.3. The Morgan fingerprint density at radius 3 is 2.43 bits per heavy atom. The second-order valence-electron chi connectivity index (χ2n) is 8.72. The maximum absolute atomic E-state index is 14.1. The number of esters is 2. The highest BCUT2D eigenvalue weighted by Crippen LogP contribution is 2.52. The summed E-state index contributed by atoms with van der Waals surface area (Å²) in [5, 5.41) is 6.70. The lowest BCUT2D eigenvalue weighted by molar-refractivity contribution is -0.153. The van der Waals surface area contributed by atoms with Crippen molar-refractivity contribution in [1.29, 1.82) is 0 Å². The van der Waals surface area contributed by atoms with Crippen LogP contribution in [0.2, 0.25) is 10.0 Å². The second-order valence-corrected chi connectivity index (χ2v) is 10.4. The number of nitrogens with zero attached hydrogens (tertiary/aromatic N) is 1. The van der Waals surface area contributed by atoms with Crippen molar-refractivity contribution < 1.29 is 19.1 Å². The molecule has 0 saturated heterocycles. The van der Waals surface area contributed by atoms with Crippen molar-refractivity contribution in [3.63, 3.8) is 0 Å². The molecule has 3 unspecified atom stereocenters. The molecule has 0 saturated carbocycles. The molecule has 3 atom stereocenters. The summed E-state index contributed by atoms with van der Waals surface area (Å²) in [6.07, 6.45) is 0. The van der Waals surface area contributed by atoms with E-state index in [-0.39, 0.29) is 13.2 Å². The molecule has 4 rings (SSSR count). The molecule has 9 heteroatoms. The summed E-state index contributed by atoms with van der Waals surface area (Å²) in [6.45, 7) is 7.64. The number of rotatable bonds is 7. The van der Waals surface area contributed by atoms with Gasteiger partial charge in [0.1, 0.15) is 5.01 Å². The molecule has 0 bridgehead atoms. The van der Waals surface area contributed by atoms with Crippen LogP contribution in [0.3, 0.4) is 0 Å². The number of halogens is 2. The Balaban J connectivity index is 2.01. The Kier molecular flexibility index (Phi) is 8.26. The first kappa shape index (κ1) is 27.2. The third-order valence-electron chi connectivity index (χ3n) is 6.57. The third kappa shape index (κ3) is 4.88. The quantitative estimate of drug-likeness (QED) is 0.332. The van der Waals surface area contributed by atoms with Gasteiger partial charge in [-0.3, -0.25) is 4.79 Å². The van der Waals surface area contributed by atoms with Crippen molar-refractivity contribution >= 4 is 46.5 Å². The average Bonchev–Trinajstić information content (AvgIpc) is 3.34. The summed E-state index contributed by atoms with van der Waals surface area (Å²) in [4.78, 5) is 32.4. The molecule has 1 aliphatic heterocycles. The van der Waals surface area contributed by atoms with Gasteiger partial charge in [0, 0.05) is 33.6 Å². The van der Waals surface area contributed by atoms with Crippen molar-refractivity contribution in [2.45, 2.75) is 45.1 Å². The van der Waals surface area contributed by atoms with Crippen LogP contribution < -0.4 is 5.32 Å². The zero-order chi connectivity index (χ0) is 26.7. The molecule has 0 amide bonds. The highest BCUT2D eigenvalue weighted by Gasteiger charge is 2.60. The Morgan fingerprint density at radius 1 is 1.08 bits per heavy atom. The number of thiazole rings is 1. The first-order valence-corrected chi connectivity index (χ1v) is 13.7. The predicted molar refractivity (Wildman–Crippen MR) is 147 cm³/mol. The monoisotopic (exact) mass is 558 g/mol. The highest BCUT2D eigenvalue weighted by molar-refractivity contribution is 7.10. The van der Waals surface area contributed by atoms with Gasteiger partial charge in [-0.05, 0) is 51.5 Å². The summed E-state index contributed by atoms with van der Waals surface area (Å²) in [6, 6.07) is 14.2. The van der Waals surface area contributed by atoms with E-state index in [1.807, 2.05) is 49.6 Å². The molecule has 2 heterocycles. The molecule has 0 fully saturated rings. The van der Waals surface area contributed by atoms with Crippen molar-refractivity contribution in [2.75, 3.05) is 13.2 Å². The van der Waals surface area contributed by atoms with E-state index in [1.165, 1.54) is 11.3 Å². The summed E-state index contributed by atoms with van der Waals surface area (Å²) < 4.78 is 11.2. The van der Waals surface area contributed by atoms with E-state index in [4.69, 9.17) is 37.7 Å². The van der Waals surface area contributed by atoms with Gasteiger partial charge in [-0.25, -0.2) is 9.78 Å². The van der Waals surface area contributed by atoms with Crippen LogP contribution in [0.1, 0.15) is 44.2 Å². The van der Waals surface area contributed by atoms with E-state index in [2.05, 4.69) is 5.32 Å². The summed E-state index contributed by atoms with van der Waals surface area (Å²) in [5.41, 5.74) is 1.75. The van der Waals surface area contributed by atoms with Crippen LogP contribution in [0.4, 0.5) is 0 Å². The topological polar surface area (TPSA) is 77.5 Å². The van der Waals surface area contributed by atoms with Crippen molar-refractivity contribution in [1.82, 2.24) is 10.3 Å². The van der Waals surface area contributed by atoms with Crippen LogP contribution in [-0.4, -0.2) is 36.2 Å². The molecule has 0 aliphatic carbocycles. The number of ether oxygens (including phenoxy) is 2. The van der Waals surface area contributed by atoms with Gasteiger partial charge in [-0.15, -0.1) is 11.3 Å². The minimum Gasteiger partial charge on any atom is -0.465 e. The molecule has 1 N–H and O–H groups in total. The maximum atomic E-state index is 14.1. The lowest BCUT2D eigenvalue weighted by atomic mass is 9.62. The predicted octanol–water partition coefficient (Wildman–Crippen LogP) is 6.53. The molecule has 3 aromatic rings. The lowest BCUT2D eigenvalue weighted by Gasteiger charge is -2.46. The van der Waals surface area contributed by atoms with Crippen LogP contribution in [0.25, 0.3) is 11.3 Å². The molecule has 1 aromatic heterocycles. The molecule has 0 radical (unpaired) electrons. The number of nitrogens with one attached hydrogen (secondary N) is 1. The van der Waals surface area contributed by atoms with Gasteiger partial charge in [-0.2, -0.15) is 0 Å². The van der Waals surface area contributed by atoms with Crippen LogP contribution in [0.15, 0.2) is 65.2 Å². The largest absolute Gasteiger partial charge is 0.465 e. The smallest absolute Gasteiger partial charge is 0.336 e.